The van der Waals surface area contributed by atoms with Gasteiger partial charge in [-0.2, -0.15) is 0 Å². The number of nitrogens with one attached hydrogen (secondary N) is 1. The third-order valence-electron chi connectivity index (χ3n) is 10.9. The standard InChI is InChI=1S/C42H46N4O14/c1-54-26-8-7-24-32-27(13-20-5-3-2-4-6-20)57-28-15-23(56-42-35(53)33(51)34(52)39(60-42)40(41(43)44)58-30(50)16-29(48)49)14-22(18-46-17-21-9-10-45-25(21)19-46)31(28)38(32)59-36(24)37(26)55-12-11-47/h2-10,14-15,17,19,27,32-35,38-42,45,47,51-53H,11-13,16,18,43-44H2,1H3,(H,48,49). The number of nitrogens with two attached hydrogens (primary N) is 2. The Bertz CT molecular complexity index is 2300. The van der Waals surface area contributed by atoms with Crippen LogP contribution in [-0.2, 0) is 32.0 Å². The van der Waals surface area contributed by atoms with Crippen molar-refractivity contribution in [2.24, 2.45) is 11.5 Å². The van der Waals surface area contributed by atoms with Gasteiger partial charge in [0, 0.05) is 54.1 Å². The first kappa shape index (κ1) is 40.9. The molecule has 0 aliphatic carbocycles. The number of hydrogen-bond acceptors (Lipinski definition) is 15. The second-order valence-electron chi connectivity index (χ2n) is 14.9. The molecular formula is C42H46N4O14. The van der Waals surface area contributed by atoms with Gasteiger partial charge >= 0.3 is 11.9 Å². The lowest BCUT2D eigenvalue weighted by atomic mass is 9.80. The molecule has 3 aliphatic heterocycles. The Morgan fingerprint density at radius 1 is 0.983 bits per heavy atom. The van der Waals surface area contributed by atoms with E-state index in [0.717, 1.165) is 22.0 Å². The number of aromatic nitrogens is 2. The number of ether oxygens (including phenoxy) is 7. The lowest BCUT2D eigenvalue weighted by Gasteiger charge is -2.43. The molecule has 5 aromatic rings. The maximum absolute atomic E-state index is 12.3. The number of aliphatic carboxylic acids is 1. The highest BCUT2D eigenvalue weighted by Crippen LogP contribution is 2.59. The summed E-state index contributed by atoms with van der Waals surface area (Å²) in [4.78, 5) is 26.7. The van der Waals surface area contributed by atoms with Crippen molar-refractivity contribution in [3.63, 3.8) is 0 Å². The van der Waals surface area contributed by atoms with E-state index >= 15 is 0 Å². The third kappa shape index (κ3) is 7.93. The Labute approximate surface area is 342 Å². The van der Waals surface area contributed by atoms with Gasteiger partial charge in [0.05, 0.1) is 31.3 Å². The SMILES string of the molecule is COc1ccc2c(c1OCCO)OC1c3c(Cn4cc5cc[nH]c5c4)cc(OC4OC(C(OC(=O)CC(=O)O)C(N)N)C(O)C(O)C4O)cc3OC(Cc3ccccc3)C21. The molecule has 0 spiro atoms. The minimum Gasteiger partial charge on any atom is -0.493 e. The molecule has 2 aromatic heterocycles. The Morgan fingerprint density at radius 3 is 2.50 bits per heavy atom. The van der Waals surface area contributed by atoms with Crippen molar-refractivity contribution in [2.75, 3.05) is 20.3 Å². The molecule has 0 amide bonds. The van der Waals surface area contributed by atoms with Gasteiger partial charge in [-0.25, -0.2) is 0 Å². The Morgan fingerprint density at radius 2 is 1.78 bits per heavy atom. The molecule has 3 aliphatic rings. The van der Waals surface area contributed by atoms with Crippen LogP contribution in [0, 0.1) is 0 Å². The van der Waals surface area contributed by atoms with E-state index in [1.54, 1.807) is 18.2 Å². The van der Waals surface area contributed by atoms with Crippen molar-refractivity contribution in [1.82, 2.24) is 9.55 Å². The van der Waals surface area contributed by atoms with Gasteiger partial charge in [0.25, 0.3) is 0 Å². The van der Waals surface area contributed by atoms with E-state index in [1.165, 1.54) is 7.11 Å². The molecule has 60 heavy (non-hydrogen) atoms. The van der Waals surface area contributed by atoms with E-state index in [-0.39, 0.29) is 31.4 Å². The number of aliphatic hydroxyl groups excluding tert-OH is 4. The topological polar surface area (TPSA) is 273 Å². The molecule has 18 nitrogen and oxygen atoms in total. The summed E-state index contributed by atoms with van der Waals surface area (Å²) in [7, 11) is 1.52. The number of aromatic amines is 1. The van der Waals surface area contributed by atoms with Crippen LogP contribution >= 0.6 is 0 Å². The number of methoxy groups -OCH3 is 1. The van der Waals surface area contributed by atoms with Crippen molar-refractivity contribution in [3.8, 4) is 28.7 Å². The van der Waals surface area contributed by atoms with Crippen LogP contribution in [0.4, 0.5) is 0 Å². The van der Waals surface area contributed by atoms with E-state index in [2.05, 4.69) is 4.98 Å². The van der Waals surface area contributed by atoms with Crippen LogP contribution in [0.15, 0.2) is 79.3 Å². The highest BCUT2D eigenvalue weighted by atomic mass is 16.7. The molecule has 318 valence electrons. The monoisotopic (exact) mass is 830 g/mol. The van der Waals surface area contributed by atoms with Crippen LogP contribution in [0.5, 0.6) is 28.7 Å². The number of carbonyl (C=O) groups excluding carboxylic acids is 1. The molecule has 3 aromatic carbocycles. The Kier molecular flexibility index (Phi) is 11.6. The van der Waals surface area contributed by atoms with Crippen LogP contribution < -0.4 is 35.2 Å². The number of fused-ring (bicyclic) bond motifs is 6. The van der Waals surface area contributed by atoms with Gasteiger partial charge in [-0.05, 0) is 29.3 Å². The van der Waals surface area contributed by atoms with E-state index in [0.29, 0.717) is 40.5 Å². The lowest BCUT2D eigenvalue weighted by molar-refractivity contribution is -0.291. The largest absolute Gasteiger partial charge is 0.493 e. The second kappa shape index (κ2) is 17.0. The first-order valence-corrected chi connectivity index (χ1v) is 19.3. The number of aliphatic hydroxyl groups is 4. The number of nitrogens with zero attached hydrogens (tertiary/aromatic N) is 1. The minimum absolute atomic E-state index is 0.00314. The number of carboxylic acids is 1. The Balaban J connectivity index is 1.20. The summed E-state index contributed by atoms with van der Waals surface area (Å²) in [5.74, 6) is -1.28. The lowest BCUT2D eigenvalue weighted by Crippen LogP contribution is -2.66. The fraction of sp³-hybridized carbons (Fsp3) is 0.381. The van der Waals surface area contributed by atoms with Crippen LogP contribution in [0.25, 0.3) is 10.9 Å². The summed E-state index contributed by atoms with van der Waals surface area (Å²) in [5.41, 5.74) is 15.9. The van der Waals surface area contributed by atoms with Gasteiger partial charge in [0.1, 0.15) is 61.2 Å². The number of esters is 1. The average molecular weight is 831 g/mol. The molecule has 1 fully saturated rings. The highest BCUT2D eigenvalue weighted by Gasteiger charge is 2.52. The zero-order valence-corrected chi connectivity index (χ0v) is 32.3. The van der Waals surface area contributed by atoms with Crippen molar-refractivity contribution in [2.45, 2.75) is 80.5 Å². The zero-order valence-electron chi connectivity index (χ0n) is 32.3. The second-order valence-corrected chi connectivity index (χ2v) is 14.9. The summed E-state index contributed by atoms with van der Waals surface area (Å²) < 4.78 is 44.9. The molecular weight excluding hydrogens is 784 g/mol. The zero-order chi connectivity index (χ0) is 42.2. The third-order valence-corrected chi connectivity index (χ3v) is 10.9. The molecule has 0 radical (unpaired) electrons. The number of carbonyl (C=O) groups is 2. The van der Waals surface area contributed by atoms with Crippen molar-refractivity contribution in [3.05, 3.63) is 102 Å². The number of H-pyrrole nitrogens is 1. The van der Waals surface area contributed by atoms with Gasteiger partial charge in [-0.1, -0.05) is 36.4 Å². The normalized spacial score (nSPS) is 24.7. The molecule has 9 unspecified atom stereocenters. The quantitative estimate of drug-likeness (QED) is 0.0421. The predicted octanol–water partition coefficient (Wildman–Crippen LogP) is 1.43. The number of rotatable bonds is 15. The first-order valence-electron chi connectivity index (χ1n) is 19.3. The van der Waals surface area contributed by atoms with Crippen molar-refractivity contribution in [1.29, 1.82) is 0 Å². The molecule has 8 rings (SSSR count). The Hall–Kier alpha value is -5.86. The van der Waals surface area contributed by atoms with Gasteiger partial charge in [0.15, 0.2) is 17.6 Å². The number of hydrogen-bond donors (Lipinski definition) is 8. The fourth-order valence-electron chi connectivity index (χ4n) is 8.26. The number of benzene rings is 3. The maximum Gasteiger partial charge on any atom is 0.317 e. The predicted molar refractivity (Wildman–Crippen MR) is 210 cm³/mol. The summed E-state index contributed by atoms with van der Waals surface area (Å²) in [6, 6.07) is 18.8. The van der Waals surface area contributed by atoms with Crippen LogP contribution in [0.1, 0.15) is 40.7 Å². The molecule has 9 atom stereocenters. The molecule has 10 N–H and O–H groups in total. The average Bonchev–Trinajstić information content (AvgIpc) is 3.93. The summed E-state index contributed by atoms with van der Waals surface area (Å²) >= 11 is 0. The molecule has 18 heteroatoms. The van der Waals surface area contributed by atoms with Gasteiger partial charge < -0.3 is 79.7 Å². The van der Waals surface area contributed by atoms with E-state index in [1.807, 2.05) is 65.6 Å². The van der Waals surface area contributed by atoms with Gasteiger partial charge in [0.2, 0.25) is 12.0 Å². The van der Waals surface area contributed by atoms with Gasteiger partial charge in [-0.3, -0.25) is 9.59 Å². The summed E-state index contributed by atoms with van der Waals surface area (Å²) in [6.07, 6.45) is -8.00. The fourth-order valence-corrected chi connectivity index (χ4v) is 8.26. The molecule has 1 saturated heterocycles. The summed E-state index contributed by atoms with van der Waals surface area (Å²) in [5, 5.41) is 52.8. The van der Waals surface area contributed by atoms with Crippen molar-refractivity contribution < 1.29 is 68.3 Å². The van der Waals surface area contributed by atoms with Crippen LogP contribution in [0.2, 0.25) is 0 Å². The molecule has 0 bridgehead atoms. The first-order chi connectivity index (χ1) is 28.9. The number of carboxylic acid groups (broad SMARTS) is 1. The van der Waals surface area contributed by atoms with E-state index in [4.69, 9.17) is 49.7 Å². The van der Waals surface area contributed by atoms with Crippen molar-refractivity contribution >= 4 is 22.8 Å². The van der Waals surface area contributed by atoms with Crippen LogP contribution in [0.3, 0.4) is 0 Å². The highest BCUT2D eigenvalue weighted by molar-refractivity contribution is 5.90. The smallest absolute Gasteiger partial charge is 0.317 e. The molecule has 0 saturated carbocycles. The molecule has 5 heterocycles. The van der Waals surface area contributed by atoms with Crippen LogP contribution in [-0.4, -0.2) is 116 Å². The maximum atomic E-state index is 12.3. The van der Waals surface area contributed by atoms with Gasteiger partial charge in [-0.15, -0.1) is 0 Å². The van der Waals surface area contributed by atoms with E-state index < -0.39 is 73.5 Å². The van der Waals surface area contributed by atoms with E-state index in [9.17, 15) is 30.0 Å². The summed E-state index contributed by atoms with van der Waals surface area (Å²) in [6.45, 7) is 0.0610. The minimum atomic E-state index is -1.90.